The van der Waals surface area contributed by atoms with Crippen molar-refractivity contribution in [3.05, 3.63) is 29.8 Å². The summed E-state index contributed by atoms with van der Waals surface area (Å²) in [4.78, 5) is 3.82. The van der Waals surface area contributed by atoms with Crippen molar-refractivity contribution in [2.24, 2.45) is 0 Å². The second kappa shape index (κ2) is 5.08. The minimum atomic E-state index is -0.313. The molecule has 2 atom stereocenters. The van der Waals surface area contributed by atoms with Gasteiger partial charge < -0.3 is 10.4 Å². The third kappa shape index (κ3) is 2.70. The Hall–Kier alpha value is -0.710. The Morgan fingerprint density at radius 2 is 2.38 bits per heavy atom. The van der Waals surface area contributed by atoms with Crippen molar-refractivity contribution in [3.8, 4) is 0 Å². The summed E-state index contributed by atoms with van der Waals surface area (Å²) in [6.07, 6.45) is 4.67. The molecule has 2 heterocycles. The average molecular weight is 247 g/mol. The summed E-state index contributed by atoms with van der Waals surface area (Å²) in [5.41, 5.74) is 0.615. The molecule has 1 aliphatic rings. The summed E-state index contributed by atoms with van der Waals surface area (Å²) >= 11 is 0. The molecule has 1 fully saturated rings. The van der Waals surface area contributed by atoms with Gasteiger partial charge in [0.15, 0.2) is 0 Å². The molecule has 0 bridgehead atoms. The Morgan fingerprint density at radius 3 is 2.94 bits per heavy atom. The van der Waals surface area contributed by atoms with E-state index in [9.17, 15) is 9.50 Å². The molecule has 0 aromatic carbocycles. The maximum Gasteiger partial charge on any atom is 0.141 e. The number of aromatic nitrogens is 1. The van der Waals surface area contributed by atoms with E-state index >= 15 is 0 Å². The molecule has 90 valence electrons. The smallest absolute Gasteiger partial charge is 0.141 e. The van der Waals surface area contributed by atoms with Gasteiger partial charge in [-0.25, -0.2) is 4.39 Å². The van der Waals surface area contributed by atoms with Crippen LogP contribution in [-0.4, -0.2) is 22.2 Å². The molecule has 16 heavy (non-hydrogen) atoms. The highest BCUT2D eigenvalue weighted by atomic mass is 35.5. The van der Waals surface area contributed by atoms with Crippen molar-refractivity contribution in [2.45, 2.75) is 31.3 Å². The molecule has 3 nitrogen and oxygen atoms in total. The number of halogens is 2. The lowest BCUT2D eigenvalue weighted by Crippen LogP contribution is -2.40. The van der Waals surface area contributed by atoms with Crippen LogP contribution in [0, 0.1) is 5.82 Å². The molecule has 1 saturated heterocycles. The van der Waals surface area contributed by atoms with Crippen LogP contribution in [0.5, 0.6) is 0 Å². The van der Waals surface area contributed by atoms with E-state index in [1.54, 1.807) is 6.20 Å². The second-order valence-corrected chi connectivity index (χ2v) is 4.39. The molecular formula is C11H16ClFN2O. The van der Waals surface area contributed by atoms with Crippen molar-refractivity contribution < 1.29 is 9.50 Å². The van der Waals surface area contributed by atoms with Crippen LogP contribution in [0.25, 0.3) is 0 Å². The molecule has 1 aliphatic heterocycles. The van der Waals surface area contributed by atoms with Gasteiger partial charge in [-0.05, 0) is 31.4 Å². The van der Waals surface area contributed by atoms with E-state index in [2.05, 4.69) is 10.3 Å². The highest BCUT2D eigenvalue weighted by molar-refractivity contribution is 5.85. The quantitative estimate of drug-likeness (QED) is 0.837. The van der Waals surface area contributed by atoms with E-state index in [0.717, 1.165) is 18.4 Å². The monoisotopic (exact) mass is 246 g/mol. The Balaban J connectivity index is 0.00000128. The number of nitrogens with one attached hydrogen (secondary N) is 1. The van der Waals surface area contributed by atoms with E-state index in [4.69, 9.17) is 0 Å². The number of aliphatic hydroxyl groups is 1. The molecule has 5 heteroatoms. The van der Waals surface area contributed by atoms with Crippen molar-refractivity contribution in [2.75, 3.05) is 6.61 Å². The first kappa shape index (κ1) is 13.4. The summed E-state index contributed by atoms with van der Waals surface area (Å²) in [5.74, 6) is -0.313. The molecule has 0 saturated carbocycles. The lowest BCUT2D eigenvalue weighted by Gasteiger charge is -2.23. The fraction of sp³-hybridized carbons (Fsp3) is 0.545. The van der Waals surface area contributed by atoms with E-state index in [0.29, 0.717) is 0 Å². The number of hydrogen-bond acceptors (Lipinski definition) is 3. The van der Waals surface area contributed by atoms with Gasteiger partial charge in [0, 0.05) is 17.8 Å². The largest absolute Gasteiger partial charge is 0.394 e. The number of pyridine rings is 1. The summed E-state index contributed by atoms with van der Waals surface area (Å²) < 4.78 is 13.0. The Morgan fingerprint density at radius 1 is 1.62 bits per heavy atom. The molecule has 1 aromatic heterocycles. The third-order valence-electron chi connectivity index (χ3n) is 2.98. The van der Waals surface area contributed by atoms with Crippen LogP contribution in [0.1, 0.15) is 31.4 Å². The minimum absolute atomic E-state index is 0. The fourth-order valence-corrected chi connectivity index (χ4v) is 2.02. The Kier molecular flexibility index (Phi) is 4.24. The number of nitrogens with zero attached hydrogens (tertiary/aromatic N) is 1. The molecular weight excluding hydrogens is 231 g/mol. The first-order valence-electron chi connectivity index (χ1n) is 5.12. The van der Waals surface area contributed by atoms with E-state index < -0.39 is 0 Å². The van der Waals surface area contributed by atoms with Gasteiger partial charge in [0.1, 0.15) is 5.82 Å². The summed E-state index contributed by atoms with van der Waals surface area (Å²) in [5, 5.41) is 12.5. The first-order chi connectivity index (χ1) is 7.13. The topological polar surface area (TPSA) is 45.2 Å². The van der Waals surface area contributed by atoms with Gasteiger partial charge in [-0.2, -0.15) is 0 Å². The molecule has 0 spiro atoms. The van der Waals surface area contributed by atoms with Gasteiger partial charge in [0.2, 0.25) is 0 Å². The van der Waals surface area contributed by atoms with Crippen LogP contribution in [-0.2, 0) is 0 Å². The number of hydrogen-bond donors (Lipinski definition) is 2. The molecule has 2 rings (SSSR count). The number of aliphatic hydroxyl groups excluding tert-OH is 1. The van der Waals surface area contributed by atoms with E-state index in [-0.39, 0.29) is 36.4 Å². The van der Waals surface area contributed by atoms with Gasteiger partial charge in [-0.3, -0.25) is 4.98 Å². The number of rotatable bonds is 2. The van der Waals surface area contributed by atoms with Gasteiger partial charge in [-0.1, -0.05) is 0 Å². The van der Waals surface area contributed by atoms with Crippen LogP contribution in [0.3, 0.4) is 0 Å². The van der Waals surface area contributed by atoms with Gasteiger partial charge in [0.25, 0.3) is 0 Å². The SMILES string of the molecule is C[C@@]1(CO)CC[C@H](c2cncc(F)c2)N1.Cl. The summed E-state index contributed by atoms with van der Waals surface area (Å²) in [7, 11) is 0. The average Bonchev–Trinajstić information content (AvgIpc) is 2.62. The highest BCUT2D eigenvalue weighted by Gasteiger charge is 2.34. The van der Waals surface area contributed by atoms with Crippen LogP contribution in [0.2, 0.25) is 0 Å². The van der Waals surface area contributed by atoms with Crippen molar-refractivity contribution in [1.29, 1.82) is 0 Å². The Bertz CT molecular complexity index is 364. The van der Waals surface area contributed by atoms with Crippen LogP contribution in [0.4, 0.5) is 4.39 Å². The van der Waals surface area contributed by atoms with Crippen LogP contribution >= 0.6 is 12.4 Å². The molecule has 0 radical (unpaired) electrons. The third-order valence-corrected chi connectivity index (χ3v) is 2.98. The zero-order valence-electron chi connectivity index (χ0n) is 9.11. The molecule has 2 N–H and O–H groups in total. The van der Waals surface area contributed by atoms with E-state index in [1.165, 1.54) is 12.3 Å². The second-order valence-electron chi connectivity index (χ2n) is 4.39. The molecule has 0 unspecified atom stereocenters. The summed E-state index contributed by atoms with van der Waals surface area (Å²) in [6.45, 7) is 2.08. The van der Waals surface area contributed by atoms with E-state index in [1.807, 2.05) is 6.92 Å². The lowest BCUT2D eigenvalue weighted by atomic mass is 10.0. The van der Waals surface area contributed by atoms with Gasteiger partial charge in [-0.15, -0.1) is 12.4 Å². The zero-order valence-corrected chi connectivity index (χ0v) is 9.93. The lowest BCUT2D eigenvalue weighted by molar-refractivity contribution is 0.187. The van der Waals surface area contributed by atoms with Gasteiger partial charge >= 0.3 is 0 Å². The predicted octanol–water partition coefficient (Wildman–Crippen LogP) is 1.82. The fourth-order valence-electron chi connectivity index (χ4n) is 2.02. The van der Waals surface area contributed by atoms with Crippen LogP contribution in [0.15, 0.2) is 18.5 Å². The Labute approximate surface area is 100 Å². The normalized spacial score (nSPS) is 28.8. The molecule has 0 amide bonds. The standard InChI is InChI=1S/C11H15FN2O.ClH/c1-11(7-15)3-2-10(14-11)8-4-9(12)6-13-5-8;/h4-6,10,14-15H,2-3,7H2,1H3;1H/t10-,11+;/m1./s1. The highest BCUT2D eigenvalue weighted by Crippen LogP contribution is 2.32. The summed E-state index contributed by atoms with van der Waals surface area (Å²) in [6, 6.07) is 1.60. The maximum atomic E-state index is 13.0. The van der Waals surface area contributed by atoms with Crippen LogP contribution < -0.4 is 5.32 Å². The van der Waals surface area contributed by atoms with Crippen molar-refractivity contribution in [1.82, 2.24) is 10.3 Å². The molecule has 1 aromatic rings. The molecule has 0 aliphatic carbocycles. The zero-order chi connectivity index (χ0) is 10.9. The van der Waals surface area contributed by atoms with Crippen molar-refractivity contribution >= 4 is 12.4 Å². The minimum Gasteiger partial charge on any atom is -0.394 e. The van der Waals surface area contributed by atoms with Gasteiger partial charge in [0.05, 0.1) is 12.8 Å². The maximum absolute atomic E-state index is 13.0. The predicted molar refractivity (Wildman–Crippen MR) is 62.0 cm³/mol. The van der Waals surface area contributed by atoms with Crippen molar-refractivity contribution in [3.63, 3.8) is 0 Å². The first-order valence-corrected chi connectivity index (χ1v) is 5.12.